The number of aromatic nitrogens is 1. The number of nitrogens with zero attached hydrogens (tertiary/aromatic N) is 2. The molecule has 0 aliphatic rings. The summed E-state index contributed by atoms with van der Waals surface area (Å²) in [5, 5.41) is 3.92. The van der Waals surface area contributed by atoms with Crippen molar-refractivity contribution in [3.05, 3.63) is 53.9 Å². The lowest BCUT2D eigenvalue weighted by Gasteiger charge is -2.03. The first-order valence-electron chi connectivity index (χ1n) is 6.24. The Morgan fingerprint density at radius 1 is 1.45 bits per heavy atom. The molecule has 1 aromatic carbocycles. The van der Waals surface area contributed by atoms with Crippen LogP contribution in [0, 0.1) is 0 Å². The molecule has 1 aromatic heterocycles. The van der Waals surface area contributed by atoms with Crippen LogP contribution in [-0.4, -0.2) is 23.8 Å². The Kier molecular flexibility index (Phi) is 4.55. The number of carbonyl (C=O) groups is 1. The Labute approximate surface area is 117 Å². The highest BCUT2D eigenvalue weighted by Gasteiger charge is 2.03. The molecule has 2 rings (SSSR count). The van der Waals surface area contributed by atoms with Gasteiger partial charge in [-0.1, -0.05) is 12.1 Å². The van der Waals surface area contributed by atoms with Crippen LogP contribution in [0.1, 0.15) is 11.1 Å². The molecule has 0 bridgehead atoms. The number of ether oxygens (including phenoxy) is 1. The summed E-state index contributed by atoms with van der Waals surface area (Å²) in [6.07, 6.45) is 5.71. The molecule has 1 N–H and O–H groups in total. The van der Waals surface area contributed by atoms with E-state index in [1.807, 2.05) is 54.3 Å². The predicted molar refractivity (Wildman–Crippen MR) is 77.8 cm³/mol. The Hall–Kier alpha value is -2.56. The molecule has 0 aliphatic carbocycles. The summed E-state index contributed by atoms with van der Waals surface area (Å²) in [6.45, 7) is 0. The van der Waals surface area contributed by atoms with Gasteiger partial charge in [0.15, 0.2) is 0 Å². The van der Waals surface area contributed by atoms with E-state index < -0.39 is 0 Å². The first-order valence-corrected chi connectivity index (χ1v) is 6.24. The third kappa shape index (κ3) is 3.98. The molecule has 20 heavy (non-hydrogen) atoms. The van der Waals surface area contributed by atoms with E-state index in [1.54, 1.807) is 13.3 Å². The molecule has 0 aliphatic heterocycles. The van der Waals surface area contributed by atoms with Gasteiger partial charge >= 0.3 is 0 Å². The van der Waals surface area contributed by atoms with Gasteiger partial charge < -0.3 is 9.30 Å². The molecular weight excluding hydrogens is 254 g/mol. The number of amides is 1. The topological polar surface area (TPSA) is 55.6 Å². The maximum absolute atomic E-state index is 11.7. The number of methoxy groups -OCH3 is 1. The van der Waals surface area contributed by atoms with Gasteiger partial charge in [-0.25, -0.2) is 5.43 Å². The number of nitrogens with one attached hydrogen (secondary N) is 1. The van der Waals surface area contributed by atoms with Crippen molar-refractivity contribution in [1.82, 2.24) is 9.99 Å². The summed E-state index contributed by atoms with van der Waals surface area (Å²) in [4.78, 5) is 11.7. The molecule has 0 fully saturated rings. The van der Waals surface area contributed by atoms with E-state index in [9.17, 15) is 4.79 Å². The number of rotatable bonds is 5. The van der Waals surface area contributed by atoms with Crippen LogP contribution in [0.15, 0.2) is 47.8 Å². The SMILES string of the molecule is COc1cccc(CC(=O)N/N=C/c2ccn(C)c2)c1. The van der Waals surface area contributed by atoms with Gasteiger partial charge in [0.25, 0.3) is 0 Å². The highest BCUT2D eigenvalue weighted by atomic mass is 16.5. The van der Waals surface area contributed by atoms with E-state index in [0.717, 1.165) is 16.9 Å². The minimum Gasteiger partial charge on any atom is -0.497 e. The second kappa shape index (κ2) is 6.56. The highest BCUT2D eigenvalue weighted by molar-refractivity contribution is 5.83. The summed E-state index contributed by atoms with van der Waals surface area (Å²) in [5.41, 5.74) is 4.33. The Bertz CT molecular complexity index is 617. The first kappa shape index (κ1) is 13.9. The quantitative estimate of drug-likeness (QED) is 0.665. The molecule has 5 heteroatoms. The standard InChI is InChI=1S/C15H17N3O2/c1-18-7-6-13(11-18)10-16-17-15(19)9-12-4-3-5-14(8-12)20-2/h3-8,10-11H,9H2,1-2H3,(H,17,19)/b16-10+. The Morgan fingerprint density at radius 3 is 3.00 bits per heavy atom. The van der Waals surface area contributed by atoms with Crippen LogP contribution in [-0.2, 0) is 18.3 Å². The maximum atomic E-state index is 11.7. The van der Waals surface area contributed by atoms with Crippen LogP contribution in [0.5, 0.6) is 5.75 Å². The molecule has 104 valence electrons. The zero-order chi connectivity index (χ0) is 14.4. The van der Waals surface area contributed by atoms with Crippen molar-refractivity contribution in [1.29, 1.82) is 0 Å². The monoisotopic (exact) mass is 271 g/mol. The molecule has 2 aromatic rings. The lowest BCUT2D eigenvalue weighted by Crippen LogP contribution is -2.19. The fourth-order valence-electron chi connectivity index (χ4n) is 1.79. The van der Waals surface area contributed by atoms with E-state index in [4.69, 9.17) is 4.74 Å². The van der Waals surface area contributed by atoms with Crippen molar-refractivity contribution >= 4 is 12.1 Å². The molecule has 0 unspecified atom stereocenters. The molecule has 0 radical (unpaired) electrons. The summed E-state index contributed by atoms with van der Waals surface area (Å²) in [5.74, 6) is 0.577. The Morgan fingerprint density at radius 2 is 2.30 bits per heavy atom. The van der Waals surface area contributed by atoms with E-state index in [1.165, 1.54) is 0 Å². The average molecular weight is 271 g/mol. The fraction of sp³-hybridized carbons (Fsp3) is 0.200. The summed E-state index contributed by atoms with van der Waals surface area (Å²) in [7, 11) is 3.53. The first-order chi connectivity index (χ1) is 9.67. The highest BCUT2D eigenvalue weighted by Crippen LogP contribution is 2.12. The number of aryl methyl sites for hydroxylation is 1. The minimum absolute atomic E-state index is 0.162. The van der Waals surface area contributed by atoms with Gasteiger partial charge in [0.2, 0.25) is 5.91 Å². The van der Waals surface area contributed by atoms with Crippen LogP contribution in [0.4, 0.5) is 0 Å². The second-order valence-corrected chi connectivity index (χ2v) is 4.43. The van der Waals surface area contributed by atoms with Crippen LogP contribution in [0.3, 0.4) is 0 Å². The maximum Gasteiger partial charge on any atom is 0.244 e. The van der Waals surface area contributed by atoms with Crippen molar-refractivity contribution in [2.24, 2.45) is 12.1 Å². The zero-order valence-corrected chi connectivity index (χ0v) is 11.5. The van der Waals surface area contributed by atoms with E-state index in [0.29, 0.717) is 0 Å². The number of hydrazone groups is 1. The average Bonchev–Trinajstić information content (AvgIpc) is 2.84. The van der Waals surface area contributed by atoms with Gasteiger partial charge in [-0.15, -0.1) is 0 Å². The largest absolute Gasteiger partial charge is 0.497 e. The van der Waals surface area contributed by atoms with E-state index in [2.05, 4.69) is 10.5 Å². The third-order valence-corrected chi connectivity index (χ3v) is 2.76. The van der Waals surface area contributed by atoms with E-state index >= 15 is 0 Å². The number of hydrogen-bond donors (Lipinski definition) is 1. The van der Waals surface area contributed by atoms with Gasteiger partial charge in [-0.2, -0.15) is 5.10 Å². The third-order valence-electron chi connectivity index (χ3n) is 2.76. The predicted octanol–water partition coefficient (Wildman–Crippen LogP) is 1.73. The molecule has 0 spiro atoms. The van der Waals surface area contributed by atoms with Gasteiger partial charge in [0.1, 0.15) is 5.75 Å². The van der Waals surface area contributed by atoms with Crippen LogP contribution < -0.4 is 10.2 Å². The summed E-state index contributed by atoms with van der Waals surface area (Å²) >= 11 is 0. The normalized spacial score (nSPS) is 10.7. The lowest BCUT2D eigenvalue weighted by molar-refractivity contribution is -0.120. The number of benzene rings is 1. The molecule has 0 saturated carbocycles. The second-order valence-electron chi connectivity index (χ2n) is 4.43. The van der Waals surface area contributed by atoms with Crippen molar-refractivity contribution in [3.63, 3.8) is 0 Å². The van der Waals surface area contributed by atoms with Gasteiger partial charge in [-0.05, 0) is 23.8 Å². The molecule has 1 heterocycles. The van der Waals surface area contributed by atoms with Crippen molar-refractivity contribution in [3.8, 4) is 5.75 Å². The fourth-order valence-corrected chi connectivity index (χ4v) is 1.79. The van der Waals surface area contributed by atoms with Gasteiger partial charge in [0.05, 0.1) is 19.7 Å². The van der Waals surface area contributed by atoms with Gasteiger partial charge in [-0.3, -0.25) is 4.79 Å². The van der Waals surface area contributed by atoms with Gasteiger partial charge in [0, 0.05) is 25.0 Å². The van der Waals surface area contributed by atoms with Crippen molar-refractivity contribution in [2.45, 2.75) is 6.42 Å². The number of carbonyl (C=O) groups excluding carboxylic acids is 1. The zero-order valence-electron chi connectivity index (χ0n) is 11.5. The molecular formula is C15H17N3O2. The van der Waals surface area contributed by atoms with E-state index in [-0.39, 0.29) is 12.3 Å². The molecule has 0 atom stereocenters. The lowest BCUT2D eigenvalue weighted by atomic mass is 10.1. The Balaban J connectivity index is 1.87. The van der Waals surface area contributed by atoms with Crippen LogP contribution in [0.2, 0.25) is 0 Å². The number of hydrogen-bond acceptors (Lipinski definition) is 3. The van der Waals surface area contributed by atoms with Crippen molar-refractivity contribution < 1.29 is 9.53 Å². The van der Waals surface area contributed by atoms with Crippen LogP contribution >= 0.6 is 0 Å². The smallest absolute Gasteiger partial charge is 0.244 e. The van der Waals surface area contributed by atoms with Crippen molar-refractivity contribution in [2.75, 3.05) is 7.11 Å². The molecule has 1 amide bonds. The van der Waals surface area contributed by atoms with Crippen LogP contribution in [0.25, 0.3) is 0 Å². The molecule has 0 saturated heterocycles. The minimum atomic E-state index is -0.162. The summed E-state index contributed by atoms with van der Waals surface area (Å²) in [6, 6.07) is 9.32. The summed E-state index contributed by atoms with van der Waals surface area (Å²) < 4.78 is 7.03. The molecule has 5 nitrogen and oxygen atoms in total.